The monoisotopic (exact) mass is 333 g/mol. The van der Waals surface area contributed by atoms with Crippen LogP contribution in [0.2, 0.25) is 0 Å². The minimum atomic E-state index is 0.0119. The first-order valence-corrected chi connectivity index (χ1v) is 8.84. The van der Waals surface area contributed by atoms with Gasteiger partial charge in [0.1, 0.15) is 0 Å². The number of aryl methyl sites for hydroxylation is 1. The first-order chi connectivity index (χ1) is 11.0. The Morgan fingerprint density at radius 3 is 3.09 bits per heavy atom. The van der Waals surface area contributed by atoms with Gasteiger partial charge >= 0.3 is 0 Å². The number of likely N-dealkylation sites (tertiary alicyclic amines) is 1. The van der Waals surface area contributed by atoms with E-state index in [2.05, 4.69) is 31.5 Å². The minimum Gasteiger partial charge on any atom is -0.297 e. The minimum absolute atomic E-state index is 0.0119. The maximum Gasteiger partial charge on any atom is 0.225 e. The SMILES string of the molecule is CC(=O)N(C)c1nc(CN2CCCC(c3cc(C)[nH]n3)C2)cs1. The fourth-order valence-electron chi connectivity index (χ4n) is 2.98. The summed E-state index contributed by atoms with van der Waals surface area (Å²) in [6, 6.07) is 2.15. The van der Waals surface area contributed by atoms with Crippen molar-refractivity contribution in [2.75, 3.05) is 25.0 Å². The van der Waals surface area contributed by atoms with Crippen molar-refractivity contribution in [3.63, 3.8) is 0 Å². The summed E-state index contributed by atoms with van der Waals surface area (Å²) in [5, 5.41) is 10.3. The normalized spacial score (nSPS) is 19.0. The summed E-state index contributed by atoms with van der Waals surface area (Å²) in [5.41, 5.74) is 3.33. The number of hydrogen-bond acceptors (Lipinski definition) is 5. The average molecular weight is 333 g/mol. The van der Waals surface area contributed by atoms with E-state index >= 15 is 0 Å². The van der Waals surface area contributed by atoms with Crippen molar-refractivity contribution in [2.45, 2.75) is 39.2 Å². The zero-order valence-corrected chi connectivity index (χ0v) is 14.7. The van der Waals surface area contributed by atoms with E-state index in [0.717, 1.165) is 36.2 Å². The predicted octanol–water partition coefficient (Wildman–Crippen LogP) is 2.54. The van der Waals surface area contributed by atoms with Crippen molar-refractivity contribution in [3.8, 4) is 0 Å². The third-order valence-electron chi connectivity index (χ3n) is 4.33. The van der Waals surface area contributed by atoms with Gasteiger partial charge in [0, 0.05) is 44.1 Å². The van der Waals surface area contributed by atoms with Crippen LogP contribution in [0.3, 0.4) is 0 Å². The van der Waals surface area contributed by atoms with Crippen molar-refractivity contribution in [1.29, 1.82) is 0 Å². The molecule has 1 fully saturated rings. The van der Waals surface area contributed by atoms with Crippen LogP contribution >= 0.6 is 11.3 Å². The summed E-state index contributed by atoms with van der Waals surface area (Å²) in [5.74, 6) is 0.504. The number of anilines is 1. The largest absolute Gasteiger partial charge is 0.297 e. The highest BCUT2D eigenvalue weighted by Gasteiger charge is 2.24. The molecule has 0 aromatic carbocycles. The lowest BCUT2D eigenvalue weighted by Gasteiger charge is -2.31. The summed E-state index contributed by atoms with van der Waals surface area (Å²) in [6.45, 7) is 6.54. The molecule has 1 aliphatic rings. The number of thiazole rings is 1. The number of aromatic amines is 1. The van der Waals surface area contributed by atoms with E-state index in [1.807, 2.05) is 6.92 Å². The Morgan fingerprint density at radius 1 is 1.57 bits per heavy atom. The number of hydrogen-bond donors (Lipinski definition) is 1. The molecule has 2 aromatic rings. The van der Waals surface area contributed by atoms with Gasteiger partial charge in [-0.25, -0.2) is 4.98 Å². The van der Waals surface area contributed by atoms with Crippen molar-refractivity contribution >= 4 is 22.4 Å². The van der Waals surface area contributed by atoms with Gasteiger partial charge in [0.15, 0.2) is 5.13 Å². The second kappa shape index (κ2) is 6.80. The van der Waals surface area contributed by atoms with Crippen molar-refractivity contribution in [2.24, 2.45) is 0 Å². The fraction of sp³-hybridized carbons (Fsp3) is 0.562. The van der Waals surface area contributed by atoms with E-state index in [4.69, 9.17) is 0 Å². The molecule has 6 nitrogen and oxygen atoms in total. The highest BCUT2D eigenvalue weighted by atomic mass is 32.1. The molecule has 2 aromatic heterocycles. The summed E-state index contributed by atoms with van der Waals surface area (Å²) >= 11 is 1.53. The average Bonchev–Trinajstić information content (AvgIpc) is 3.16. The molecule has 0 radical (unpaired) electrons. The maximum atomic E-state index is 11.4. The Morgan fingerprint density at radius 2 is 2.39 bits per heavy atom. The molecule has 1 saturated heterocycles. The molecule has 1 N–H and O–H groups in total. The van der Waals surface area contributed by atoms with E-state index in [0.29, 0.717) is 5.92 Å². The van der Waals surface area contributed by atoms with Crippen LogP contribution in [0.25, 0.3) is 0 Å². The number of nitrogens with zero attached hydrogens (tertiary/aromatic N) is 4. The molecular weight excluding hydrogens is 310 g/mol. The number of carbonyl (C=O) groups excluding carboxylic acids is 1. The number of H-pyrrole nitrogens is 1. The van der Waals surface area contributed by atoms with Gasteiger partial charge in [-0.3, -0.25) is 19.7 Å². The zero-order chi connectivity index (χ0) is 16.4. The van der Waals surface area contributed by atoms with E-state index < -0.39 is 0 Å². The number of nitrogens with one attached hydrogen (secondary N) is 1. The van der Waals surface area contributed by atoms with Crippen LogP contribution in [0.4, 0.5) is 5.13 Å². The van der Waals surface area contributed by atoms with E-state index in [1.54, 1.807) is 18.9 Å². The summed E-state index contributed by atoms with van der Waals surface area (Å²) < 4.78 is 0. The quantitative estimate of drug-likeness (QED) is 0.934. The van der Waals surface area contributed by atoms with Crippen molar-refractivity contribution in [3.05, 3.63) is 28.5 Å². The Bertz CT molecular complexity index is 680. The third kappa shape index (κ3) is 3.79. The number of aromatic nitrogens is 3. The molecule has 1 unspecified atom stereocenters. The van der Waals surface area contributed by atoms with Gasteiger partial charge < -0.3 is 0 Å². The maximum absolute atomic E-state index is 11.4. The summed E-state index contributed by atoms with van der Waals surface area (Å²) in [6.07, 6.45) is 2.37. The lowest BCUT2D eigenvalue weighted by atomic mass is 9.94. The van der Waals surface area contributed by atoms with E-state index in [-0.39, 0.29) is 5.91 Å². The fourth-order valence-corrected chi connectivity index (χ4v) is 3.80. The first-order valence-electron chi connectivity index (χ1n) is 7.96. The Labute approximate surface area is 140 Å². The summed E-state index contributed by atoms with van der Waals surface area (Å²) in [4.78, 5) is 20.0. The lowest BCUT2D eigenvalue weighted by Crippen LogP contribution is -2.34. The number of piperidine rings is 1. The van der Waals surface area contributed by atoms with Gasteiger partial charge in [0.2, 0.25) is 5.91 Å². The van der Waals surface area contributed by atoms with Crippen molar-refractivity contribution < 1.29 is 4.79 Å². The first kappa shape index (κ1) is 16.1. The highest BCUT2D eigenvalue weighted by Crippen LogP contribution is 2.27. The molecule has 3 heterocycles. The third-order valence-corrected chi connectivity index (χ3v) is 5.30. The van der Waals surface area contributed by atoms with Gasteiger partial charge in [0.05, 0.1) is 11.4 Å². The zero-order valence-electron chi connectivity index (χ0n) is 13.9. The van der Waals surface area contributed by atoms with Gasteiger partial charge in [-0.1, -0.05) is 0 Å². The second-order valence-electron chi connectivity index (χ2n) is 6.25. The van der Waals surface area contributed by atoms with Crippen molar-refractivity contribution in [1.82, 2.24) is 20.1 Å². The Hall–Kier alpha value is -1.73. The van der Waals surface area contributed by atoms with E-state index in [9.17, 15) is 4.79 Å². The second-order valence-corrected chi connectivity index (χ2v) is 7.09. The lowest BCUT2D eigenvalue weighted by molar-refractivity contribution is -0.116. The molecular formula is C16H23N5OS. The molecule has 0 bridgehead atoms. The van der Waals surface area contributed by atoms with Crippen LogP contribution in [-0.4, -0.2) is 46.1 Å². The highest BCUT2D eigenvalue weighted by molar-refractivity contribution is 7.14. The summed E-state index contributed by atoms with van der Waals surface area (Å²) in [7, 11) is 1.77. The number of carbonyl (C=O) groups is 1. The van der Waals surface area contributed by atoms with Crippen LogP contribution in [0, 0.1) is 6.92 Å². The smallest absolute Gasteiger partial charge is 0.225 e. The topological polar surface area (TPSA) is 65.1 Å². The van der Waals surface area contributed by atoms with Gasteiger partial charge in [-0.2, -0.15) is 5.10 Å². The molecule has 3 rings (SSSR count). The van der Waals surface area contributed by atoms with Crippen LogP contribution in [0.15, 0.2) is 11.4 Å². The van der Waals surface area contributed by atoms with Gasteiger partial charge in [-0.05, 0) is 32.4 Å². The molecule has 23 heavy (non-hydrogen) atoms. The van der Waals surface area contributed by atoms with Gasteiger partial charge in [0.25, 0.3) is 0 Å². The predicted molar refractivity (Wildman–Crippen MR) is 91.8 cm³/mol. The Balaban J connectivity index is 1.63. The standard InChI is InChI=1S/C16H23N5OS/c1-11-7-15(19-18-11)13-5-4-6-21(8-13)9-14-10-23-16(17-14)20(3)12(2)22/h7,10,13H,4-6,8-9H2,1-3H3,(H,18,19). The van der Waals surface area contributed by atoms with Crippen LogP contribution < -0.4 is 4.90 Å². The molecule has 0 saturated carbocycles. The molecule has 1 atom stereocenters. The molecule has 1 aliphatic heterocycles. The van der Waals surface area contributed by atoms with Crippen LogP contribution in [0.5, 0.6) is 0 Å². The number of rotatable bonds is 4. The van der Waals surface area contributed by atoms with E-state index in [1.165, 1.54) is 29.9 Å². The molecule has 0 spiro atoms. The molecule has 0 aliphatic carbocycles. The van der Waals surface area contributed by atoms with Crippen LogP contribution in [0.1, 0.15) is 42.8 Å². The van der Waals surface area contributed by atoms with Crippen LogP contribution in [-0.2, 0) is 11.3 Å². The molecule has 124 valence electrons. The van der Waals surface area contributed by atoms with Gasteiger partial charge in [-0.15, -0.1) is 11.3 Å². The molecule has 7 heteroatoms. The Kier molecular flexibility index (Phi) is 4.77. The number of amides is 1. The molecule has 1 amide bonds.